The maximum atomic E-state index is 13.2. The van der Waals surface area contributed by atoms with Crippen molar-refractivity contribution in [3.8, 4) is 5.69 Å². The first-order valence-electron chi connectivity index (χ1n) is 8.83. The Balaban J connectivity index is 1.64. The second-order valence-electron chi connectivity index (χ2n) is 6.59. The number of rotatable bonds is 3. The Hall–Kier alpha value is -2.93. The summed E-state index contributed by atoms with van der Waals surface area (Å²) in [4.78, 5) is 27.1. The first-order valence-corrected chi connectivity index (χ1v) is 9.62. The van der Waals surface area contributed by atoms with E-state index < -0.39 is 12.0 Å². The Morgan fingerprint density at radius 3 is 2.54 bits per heavy atom. The summed E-state index contributed by atoms with van der Waals surface area (Å²) in [7, 11) is 1.34. The monoisotopic (exact) mass is 439 g/mol. The molecule has 4 rings (SSSR count). The molecule has 0 saturated heterocycles. The van der Waals surface area contributed by atoms with Gasteiger partial charge in [-0.3, -0.25) is 4.79 Å². The highest BCUT2D eigenvalue weighted by Crippen LogP contribution is 2.26. The van der Waals surface area contributed by atoms with Crippen LogP contribution >= 0.6 is 15.9 Å². The van der Waals surface area contributed by atoms with Crippen molar-refractivity contribution in [2.45, 2.75) is 19.0 Å². The Bertz CT molecular complexity index is 1030. The minimum atomic E-state index is -0.650. The van der Waals surface area contributed by atoms with E-state index in [9.17, 15) is 9.59 Å². The molecule has 0 radical (unpaired) electrons. The zero-order valence-corrected chi connectivity index (χ0v) is 16.8. The van der Waals surface area contributed by atoms with E-state index in [1.165, 1.54) is 13.3 Å². The van der Waals surface area contributed by atoms with Gasteiger partial charge in [-0.2, -0.15) is 5.10 Å². The second-order valence-corrected chi connectivity index (χ2v) is 7.51. The number of hydrogen-bond donors (Lipinski definition) is 0. The van der Waals surface area contributed by atoms with Crippen LogP contribution in [0.3, 0.4) is 0 Å². The fourth-order valence-electron chi connectivity index (χ4n) is 3.42. The molecule has 1 aromatic heterocycles. The molecule has 0 aliphatic carbocycles. The summed E-state index contributed by atoms with van der Waals surface area (Å²) in [5.41, 5.74) is 3.37. The number of ether oxygens (including phenoxy) is 1. The lowest BCUT2D eigenvalue weighted by Gasteiger charge is -2.34. The highest BCUT2D eigenvalue weighted by Gasteiger charge is 2.36. The van der Waals surface area contributed by atoms with Crippen LogP contribution in [0.2, 0.25) is 0 Å². The van der Waals surface area contributed by atoms with Gasteiger partial charge in [-0.15, -0.1) is 0 Å². The summed E-state index contributed by atoms with van der Waals surface area (Å²) in [6.45, 7) is 0.359. The van der Waals surface area contributed by atoms with E-state index in [1.807, 2.05) is 48.5 Å². The Labute approximate surface area is 170 Å². The molecule has 1 aliphatic rings. The largest absolute Gasteiger partial charge is 0.467 e. The number of fused-ring (bicyclic) bond motifs is 1. The lowest BCUT2D eigenvalue weighted by molar-refractivity contribution is -0.146. The van der Waals surface area contributed by atoms with Crippen LogP contribution in [0.4, 0.5) is 0 Å². The summed E-state index contributed by atoms with van der Waals surface area (Å²) in [6.07, 6.45) is 3.65. The van der Waals surface area contributed by atoms with Crippen LogP contribution < -0.4 is 0 Å². The zero-order valence-electron chi connectivity index (χ0n) is 15.2. The minimum Gasteiger partial charge on any atom is -0.467 e. The smallest absolute Gasteiger partial charge is 0.328 e. The number of nitrogens with zero attached hydrogens (tertiary/aromatic N) is 3. The summed E-state index contributed by atoms with van der Waals surface area (Å²) >= 11 is 3.40. The van der Waals surface area contributed by atoms with E-state index in [-0.39, 0.29) is 5.91 Å². The van der Waals surface area contributed by atoms with Crippen molar-refractivity contribution in [1.82, 2.24) is 14.7 Å². The molecule has 0 fully saturated rings. The zero-order chi connectivity index (χ0) is 19.7. The standard InChI is InChI=1S/C21H18BrN3O3/c1-28-21(27)19-10-14-4-2-3-5-15(14)12-24(19)20(26)16-11-23-25(13-16)18-8-6-17(22)7-9-18/h2-9,11,13,19H,10,12H2,1H3. The molecule has 0 bridgehead atoms. The van der Waals surface area contributed by atoms with Crippen molar-refractivity contribution >= 4 is 27.8 Å². The van der Waals surface area contributed by atoms with Crippen molar-refractivity contribution in [3.05, 3.63) is 82.1 Å². The third kappa shape index (κ3) is 3.45. The topological polar surface area (TPSA) is 64.4 Å². The van der Waals surface area contributed by atoms with Crippen LogP contribution in [0.25, 0.3) is 5.69 Å². The molecule has 0 N–H and O–H groups in total. The Kier molecular flexibility index (Phi) is 5.00. The van der Waals surface area contributed by atoms with Crippen molar-refractivity contribution in [2.24, 2.45) is 0 Å². The van der Waals surface area contributed by atoms with E-state index in [4.69, 9.17) is 4.74 Å². The molecule has 2 heterocycles. The average Bonchev–Trinajstić information content (AvgIpc) is 3.22. The number of benzene rings is 2. The van der Waals surface area contributed by atoms with Gasteiger partial charge in [-0.1, -0.05) is 40.2 Å². The Morgan fingerprint density at radius 2 is 1.82 bits per heavy atom. The molecule has 7 heteroatoms. The molecule has 28 heavy (non-hydrogen) atoms. The lowest BCUT2D eigenvalue weighted by atomic mass is 9.93. The van der Waals surface area contributed by atoms with Crippen LogP contribution in [-0.2, 0) is 22.5 Å². The fraction of sp³-hybridized carbons (Fsp3) is 0.190. The second kappa shape index (κ2) is 7.59. The molecule has 6 nitrogen and oxygen atoms in total. The third-order valence-corrected chi connectivity index (χ3v) is 5.43. The summed E-state index contributed by atoms with van der Waals surface area (Å²) in [5.74, 6) is -0.656. The van der Waals surface area contributed by atoms with Crippen LogP contribution in [0.5, 0.6) is 0 Å². The number of halogens is 1. The van der Waals surface area contributed by atoms with E-state index in [0.717, 1.165) is 21.3 Å². The molecule has 142 valence electrons. The number of amides is 1. The minimum absolute atomic E-state index is 0.242. The van der Waals surface area contributed by atoms with Crippen LogP contribution in [0.1, 0.15) is 21.5 Å². The number of esters is 1. The predicted molar refractivity (Wildman–Crippen MR) is 107 cm³/mol. The van der Waals surface area contributed by atoms with E-state index in [0.29, 0.717) is 18.5 Å². The molecular weight excluding hydrogens is 422 g/mol. The van der Waals surface area contributed by atoms with Gasteiger partial charge in [0.15, 0.2) is 0 Å². The summed E-state index contributed by atoms with van der Waals surface area (Å²) in [6, 6.07) is 14.8. The number of carbonyl (C=O) groups excluding carboxylic acids is 2. The van der Waals surface area contributed by atoms with Gasteiger partial charge < -0.3 is 9.64 Å². The van der Waals surface area contributed by atoms with Gasteiger partial charge in [0.25, 0.3) is 5.91 Å². The maximum Gasteiger partial charge on any atom is 0.328 e. The first kappa shape index (κ1) is 18.4. The molecular formula is C21H18BrN3O3. The number of methoxy groups -OCH3 is 1. The van der Waals surface area contributed by atoms with Crippen molar-refractivity contribution in [2.75, 3.05) is 7.11 Å². The van der Waals surface area contributed by atoms with Gasteiger partial charge in [0, 0.05) is 23.6 Å². The van der Waals surface area contributed by atoms with Crippen molar-refractivity contribution in [3.63, 3.8) is 0 Å². The highest BCUT2D eigenvalue weighted by atomic mass is 79.9. The Morgan fingerprint density at radius 1 is 1.11 bits per heavy atom. The van der Waals surface area contributed by atoms with Gasteiger partial charge in [0.05, 0.1) is 24.6 Å². The number of carbonyl (C=O) groups is 2. The van der Waals surface area contributed by atoms with Gasteiger partial charge in [-0.05, 0) is 35.4 Å². The maximum absolute atomic E-state index is 13.2. The quantitative estimate of drug-likeness (QED) is 0.586. The van der Waals surface area contributed by atoms with Gasteiger partial charge >= 0.3 is 5.97 Å². The van der Waals surface area contributed by atoms with Gasteiger partial charge in [-0.25, -0.2) is 9.48 Å². The molecule has 0 spiro atoms. The highest BCUT2D eigenvalue weighted by molar-refractivity contribution is 9.10. The molecule has 1 unspecified atom stereocenters. The fourth-order valence-corrected chi connectivity index (χ4v) is 3.68. The van der Waals surface area contributed by atoms with Crippen molar-refractivity contribution in [1.29, 1.82) is 0 Å². The average molecular weight is 440 g/mol. The molecule has 1 amide bonds. The number of hydrogen-bond acceptors (Lipinski definition) is 4. The van der Waals surface area contributed by atoms with Crippen LogP contribution in [0, 0.1) is 0 Å². The molecule has 2 aromatic carbocycles. The first-order chi connectivity index (χ1) is 13.6. The molecule has 3 aromatic rings. The van der Waals surface area contributed by atoms with E-state index >= 15 is 0 Å². The SMILES string of the molecule is COC(=O)C1Cc2ccccc2CN1C(=O)c1cnn(-c2ccc(Br)cc2)c1. The summed E-state index contributed by atoms with van der Waals surface area (Å²) in [5, 5.41) is 4.30. The van der Waals surface area contributed by atoms with Crippen molar-refractivity contribution < 1.29 is 14.3 Å². The van der Waals surface area contributed by atoms with E-state index in [1.54, 1.807) is 15.8 Å². The third-order valence-electron chi connectivity index (χ3n) is 4.90. The van der Waals surface area contributed by atoms with E-state index in [2.05, 4.69) is 21.0 Å². The molecule has 0 saturated carbocycles. The predicted octanol–water partition coefficient (Wildman–Crippen LogP) is 3.37. The van der Waals surface area contributed by atoms with Gasteiger partial charge in [0.1, 0.15) is 6.04 Å². The number of aromatic nitrogens is 2. The normalized spacial score (nSPS) is 15.8. The summed E-state index contributed by atoms with van der Waals surface area (Å²) < 4.78 is 7.56. The van der Waals surface area contributed by atoms with Gasteiger partial charge in [0.2, 0.25) is 0 Å². The lowest BCUT2D eigenvalue weighted by Crippen LogP contribution is -2.49. The van der Waals surface area contributed by atoms with Crippen LogP contribution in [-0.4, -0.2) is 39.7 Å². The molecule has 1 atom stereocenters. The molecule has 1 aliphatic heterocycles. The van der Waals surface area contributed by atoms with Crippen LogP contribution in [0.15, 0.2) is 65.4 Å².